The molecule has 2 aromatic rings. The van der Waals surface area contributed by atoms with E-state index in [1.54, 1.807) is 14.2 Å². The molecule has 0 aliphatic heterocycles. The third-order valence-electron chi connectivity index (χ3n) is 4.49. The Morgan fingerprint density at radius 2 is 1.81 bits per heavy atom. The molecule has 0 heterocycles. The minimum absolute atomic E-state index is 0.0259. The first kappa shape index (κ1) is 19.5. The van der Waals surface area contributed by atoms with Gasteiger partial charge in [0, 0.05) is 19.2 Å². The van der Waals surface area contributed by atoms with Crippen LogP contribution in [0.15, 0.2) is 42.5 Å². The monoisotopic (exact) mass is 354 g/mol. The maximum Gasteiger partial charge on any atom is 0.243 e. The maximum atomic E-state index is 12.3. The van der Waals surface area contributed by atoms with Gasteiger partial charge in [-0.15, -0.1) is 0 Å². The average Bonchev–Trinajstić information content (AvgIpc) is 2.63. The van der Waals surface area contributed by atoms with Crippen molar-refractivity contribution in [2.45, 2.75) is 26.7 Å². The lowest BCUT2D eigenvalue weighted by atomic mass is 10.1. The van der Waals surface area contributed by atoms with Crippen molar-refractivity contribution in [3.05, 3.63) is 59.2 Å². The molecule has 138 valence electrons. The number of benzene rings is 2. The molecule has 0 spiro atoms. The molecule has 1 N–H and O–H groups in total. The van der Waals surface area contributed by atoms with E-state index in [0.717, 1.165) is 28.1 Å². The van der Waals surface area contributed by atoms with Crippen LogP contribution in [0, 0.1) is 13.8 Å². The number of para-hydroxylation sites is 1. The van der Waals surface area contributed by atoms with Gasteiger partial charge in [0.15, 0.2) is 0 Å². The SMILES string of the molecule is COc1ccccc1CCC(=O)N(C)CC(=O)Nc1cccc(C)c1C. The highest BCUT2D eigenvalue weighted by Crippen LogP contribution is 2.19. The van der Waals surface area contributed by atoms with Crippen LogP contribution in [0.2, 0.25) is 0 Å². The fraction of sp³-hybridized carbons (Fsp3) is 0.333. The highest BCUT2D eigenvalue weighted by atomic mass is 16.5. The molecule has 0 aliphatic rings. The lowest BCUT2D eigenvalue weighted by molar-refractivity contribution is -0.133. The molecule has 2 rings (SSSR count). The van der Waals surface area contributed by atoms with Crippen LogP contribution < -0.4 is 10.1 Å². The Labute approximate surface area is 155 Å². The van der Waals surface area contributed by atoms with Gasteiger partial charge in [0.1, 0.15) is 5.75 Å². The van der Waals surface area contributed by atoms with Crippen molar-refractivity contribution >= 4 is 17.5 Å². The molecule has 2 amide bonds. The summed E-state index contributed by atoms with van der Waals surface area (Å²) < 4.78 is 5.30. The standard InChI is InChI=1S/C21H26N2O3/c1-15-8-7-10-18(16(15)2)22-20(24)14-23(3)21(25)13-12-17-9-5-6-11-19(17)26-4/h5-11H,12-14H2,1-4H3,(H,22,24). The summed E-state index contributed by atoms with van der Waals surface area (Å²) in [7, 11) is 3.26. The number of methoxy groups -OCH3 is 1. The van der Waals surface area contributed by atoms with Crippen molar-refractivity contribution in [3.63, 3.8) is 0 Å². The van der Waals surface area contributed by atoms with E-state index in [1.807, 2.05) is 56.3 Å². The molecule has 0 unspecified atom stereocenters. The van der Waals surface area contributed by atoms with Crippen molar-refractivity contribution in [3.8, 4) is 5.75 Å². The number of aryl methyl sites for hydroxylation is 2. The number of nitrogens with zero attached hydrogens (tertiary/aromatic N) is 1. The largest absolute Gasteiger partial charge is 0.496 e. The average molecular weight is 354 g/mol. The third-order valence-corrected chi connectivity index (χ3v) is 4.49. The van der Waals surface area contributed by atoms with Gasteiger partial charge in [-0.2, -0.15) is 0 Å². The molecule has 0 bridgehead atoms. The van der Waals surface area contributed by atoms with Gasteiger partial charge in [0.25, 0.3) is 0 Å². The van der Waals surface area contributed by atoms with Gasteiger partial charge in [-0.3, -0.25) is 9.59 Å². The summed E-state index contributed by atoms with van der Waals surface area (Å²) >= 11 is 0. The number of rotatable bonds is 7. The number of anilines is 1. The van der Waals surface area contributed by atoms with E-state index in [9.17, 15) is 9.59 Å². The molecule has 5 nitrogen and oxygen atoms in total. The normalized spacial score (nSPS) is 10.3. The van der Waals surface area contributed by atoms with E-state index in [0.29, 0.717) is 12.8 Å². The summed E-state index contributed by atoms with van der Waals surface area (Å²) in [6.45, 7) is 3.99. The quantitative estimate of drug-likeness (QED) is 0.830. The van der Waals surface area contributed by atoms with Gasteiger partial charge >= 0.3 is 0 Å². The van der Waals surface area contributed by atoms with Crippen molar-refractivity contribution in [2.75, 3.05) is 26.0 Å². The molecule has 0 saturated heterocycles. The van der Waals surface area contributed by atoms with Crippen LogP contribution in [0.1, 0.15) is 23.1 Å². The van der Waals surface area contributed by atoms with Gasteiger partial charge in [0.05, 0.1) is 13.7 Å². The van der Waals surface area contributed by atoms with Crippen LogP contribution in [0.3, 0.4) is 0 Å². The predicted molar refractivity (Wildman–Crippen MR) is 103 cm³/mol. The molecule has 0 radical (unpaired) electrons. The maximum absolute atomic E-state index is 12.3. The van der Waals surface area contributed by atoms with Crippen molar-refractivity contribution in [2.24, 2.45) is 0 Å². The van der Waals surface area contributed by atoms with Crippen molar-refractivity contribution in [1.82, 2.24) is 4.90 Å². The summed E-state index contributed by atoms with van der Waals surface area (Å²) in [6.07, 6.45) is 0.902. The number of hydrogen-bond donors (Lipinski definition) is 1. The Morgan fingerprint density at radius 1 is 1.08 bits per heavy atom. The molecule has 0 aliphatic carbocycles. The summed E-state index contributed by atoms with van der Waals surface area (Å²) in [5, 5.41) is 2.88. The first-order valence-electron chi connectivity index (χ1n) is 8.64. The third kappa shape index (κ3) is 5.09. The lowest BCUT2D eigenvalue weighted by Gasteiger charge is -2.18. The number of carbonyl (C=O) groups excluding carboxylic acids is 2. The minimum atomic E-state index is -0.202. The highest BCUT2D eigenvalue weighted by molar-refractivity contribution is 5.95. The zero-order chi connectivity index (χ0) is 19.1. The van der Waals surface area contributed by atoms with Gasteiger partial charge in [0.2, 0.25) is 11.8 Å². The van der Waals surface area contributed by atoms with Crippen LogP contribution >= 0.6 is 0 Å². The second kappa shape index (κ2) is 9.04. The van der Waals surface area contributed by atoms with E-state index in [-0.39, 0.29) is 18.4 Å². The summed E-state index contributed by atoms with van der Waals surface area (Å²) in [5.74, 6) is 0.495. The van der Waals surface area contributed by atoms with Crippen molar-refractivity contribution in [1.29, 1.82) is 0 Å². The first-order valence-corrected chi connectivity index (χ1v) is 8.64. The van der Waals surface area contributed by atoms with Crippen LogP contribution in [-0.2, 0) is 16.0 Å². The number of nitrogens with one attached hydrogen (secondary N) is 1. The van der Waals surface area contributed by atoms with E-state index in [1.165, 1.54) is 4.90 Å². The number of ether oxygens (including phenoxy) is 1. The van der Waals surface area contributed by atoms with Crippen molar-refractivity contribution < 1.29 is 14.3 Å². The molecule has 2 aromatic carbocycles. The molecule has 0 fully saturated rings. The number of amides is 2. The highest BCUT2D eigenvalue weighted by Gasteiger charge is 2.15. The molecular weight excluding hydrogens is 328 g/mol. The zero-order valence-corrected chi connectivity index (χ0v) is 15.8. The number of likely N-dealkylation sites (N-methyl/N-ethyl adjacent to an activating group) is 1. The predicted octanol–water partition coefficient (Wildman–Crippen LogP) is 3.34. The Bertz CT molecular complexity index is 787. The Balaban J connectivity index is 1.88. The summed E-state index contributed by atoms with van der Waals surface area (Å²) in [5.41, 5.74) is 3.91. The molecule has 0 saturated carbocycles. The summed E-state index contributed by atoms with van der Waals surface area (Å²) in [6, 6.07) is 13.4. The van der Waals surface area contributed by atoms with E-state index >= 15 is 0 Å². The smallest absolute Gasteiger partial charge is 0.243 e. The van der Waals surface area contributed by atoms with Crippen LogP contribution in [-0.4, -0.2) is 37.4 Å². The van der Waals surface area contributed by atoms with Gasteiger partial charge in [-0.05, 0) is 49.1 Å². The minimum Gasteiger partial charge on any atom is -0.496 e. The fourth-order valence-electron chi connectivity index (χ4n) is 2.72. The zero-order valence-electron chi connectivity index (χ0n) is 15.8. The topological polar surface area (TPSA) is 58.6 Å². The number of carbonyl (C=O) groups is 2. The molecular formula is C21H26N2O3. The fourth-order valence-corrected chi connectivity index (χ4v) is 2.72. The van der Waals surface area contributed by atoms with E-state index < -0.39 is 0 Å². The molecule has 0 atom stereocenters. The van der Waals surface area contributed by atoms with Crippen LogP contribution in [0.5, 0.6) is 5.75 Å². The van der Waals surface area contributed by atoms with Crippen LogP contribution in [0.4, 0.5) is 5.69 Å². The van der Waals surface area contributed by atoms with E-state index in [4.69, 9.17) is 4.74 Å². The van der Waals surface area contributed by atoms with Gasteiger partial charge in [-0.25, -0.2) is 0 Å². The van der Waals surface area contributed by atoms with E-state index in [2.05, 4.69) is 5.32 Å². The Hall–Kier alpha value is -2.82. The van der Waals surface area contributed by atoms with Gasteiger partial charge < -0.3 is 15.0 Å². The molecule has 5 heteroatoms. The lowest BCUT2D eigenvalue weighted by Crippen LogP contribution is -2.35. The Morgan fingerprint density at radius 3 is 2.54 bits per heavy atom. The number of hydrogen-bond acceptors (Lipinski definition) is 3. The summed E-state index contributed by atoms with van der Waals surface area (Å²) in [4.78, 5) is 26.0. The van der Waals surface area contributed by atoms with Gasteiger partial charge in [-0.1, -0.05) is 30.3 Å². The molecule has 0 aromatic heterocycles. The first-order chi connectivity index (χ1) is 12.4. The van der Waals surface area contributed by atoms with Crippen LogP contribution in [0.25, 0.3) is 0 Å². The second-order valence-corrected chi connectivity index (χ2v) is 6.36. The molecule has 26 heavy (non-hydrogen) atoms. The Kier molecular flexibility index (Phi) is 6.78. The second-order valence-electron chi connectivity index (χ2n) is 6.36.